The van der Waals surface area contributed by atoms with E-state index < -0.39 is 0 Å². The Hall–Kier alpha value is -4.36. The van der Waals surface area contributed by atoms with Crippen molar-refractivity contribution < 1.29 is 26.2 Å². The van der Waals surface area contributed by atoms with Gasteiger partial charge in [0.15, 0.2) is 0 Å². The molecule has 0 N–H and O–H groups in total. The summed E-state index contributed by atoms with van der Waals surface area (Å²) in [4.78, 5) is 0. The molecule has 0 amide bonds. The Morgan fingerprint density at radius 2 is 0.944 bits per heavy atom. The third kappa shape index (κ3) is 8.31. The molecule has 9 rings (SSSR count). The normalized spacial score (nSPS) is 11.4. The molecule has 0 aromatic heterocycles. The van der Waals surface area contributed by atoms with Crippen molar-refractivity contribution in [3.63, 3.8) is 0 Å². The smallest absolute Gasteiger partial charge is 0.184 e. The van der Waals surface area contributed by atoms with Crippen LogP contribution in [0.5, 0.6) is 0 Å². The molecule has 265 valence electrons. The van der Waals surface area contributed by atoms with Crippen LogP contribution in [0.25, 0.3) is 54.9 Å². The molecule has 0 saturated carbocycles. The van der Waals surface area contributed by atoms with E-state index in [-0.39, 0.29) is 26.2 Å². The average molecular weight is 793 g/mol. The van der Waals surface area contributed by atoms with E-state index in [9.17, 15) is 0 Å². The van der Waals surface area contributed by atoms with Crippen molar-refractivity contribution in [2.45, 2.75) is 66.2 Å². The summed E-state index contributed by atoms with van der Waals surface area (Å²) in [7, 11) is 0.795. The summed E-state index contributed by atoms with van der Waals surface area (Å²) < 4.78 is 0. The van der Waals surface area contributed by atoms with Crippen LogP contribution in [-0.2, 0) is 39.0 Å². The fraction of sp³-hybridized carbons (Fsp3) is 0.192. The standard InChI is InChI=1S/2C20H21.C12H7Si.Zr/c2*1-4-15-8-5-6-10-18(15)19-11-7-9-16-12-17(14(2)3)13-20(16)19;1-3-7-11-9(5-1)10-6-2-4-8-12(10)13-11;/h2*5-14H,4H2,1-3H3;1-7H;/q3*-1;+3. The zero-order chi connectivity index (χ0) is 36.9. The summed E-state index contributed by atoms with van der Waals surface area (Å²) in [5.41, 5.74) is 14.0. The zero-order valence-corrected chi connectivity index (χ0v) is 36.0. The van der Waals surface area contributed by atoms with Gasteiger partial charge in [0.1, 0.15) is 0 Å². The van der Waals surface area contributed by atoms with Crippen LogP contribution in [0.15, 0.2) is 152 Å². The summed E-state index contributed by atoms with van der Waals surface area (Å²) >= 11 is 0. The van der Waals surface area contributed by atoms with Crippen LogP contribution < -0.4 is 10.4 Å². The molecule has 54 heavy (non-hydrogen) atoms. The Morgan fingerprint density at radius 1 is 0.500 bits per heavy atom. The quantitative estimate of drug-likeness (QED) is 0.116. The molecule has 2 heteroatoms. The summed E-state index contributed by atoms with van der Waals surface area (Å²) in [6.07, 6.45) is 2.15. The minimum Gasteiger partial charge on any atom is -0.184 e. The largest absolute Gasteiger partial charge is 3.00 e. The molecule has 0 atom stereocenters. The first-order valence-corrected chi connectivity index (χ1v) is 20.3. The Balaban J connectivity index is 0.000000140. The van der Waals surface area contributed by atoms with Crippen LogP contribution in [0.2, 0.25) is 0 Å². The molecule has 3 radical (unpaired) electrons. The van der Waals surface area contributed by atoms with Gasteiger partial charge in [-0.05, 0) is 46.9 Å². The van der Waals surface area contributed by atoms with E-state index in [2.05, 4.69) is 193 Å². The number of benzene rings is 6. The maximum atomic E-state index is 3.31. The number of hydrogen-bond acceptors (Lipinski definition) is 0. The van der Waals surface area contributed by atoms with Crippen molar-refractivity contribution in [2.75, 3.05) is 0 Å². The maximum Gasteiger partial charge on any atom is 3.00 e. The molecule has 0 fully saturated rings. The molecule has 0 unspecified atom stereocenters. The van der Waals surface area contributed by atoms with Crippen molar-refractivity contribution in [2.24, 2.45) is 0 Å². The summed E-state index contributed by atoms with van der Waals surface area (Å²) in [6, 6.07) is 58.4. The molecule has 8 aromatic rings. The number of aryl methyl sites for hydroxylation is 2. The summed E-state index contributed by atoms with van der Waals surface area (Å²) in [5, 5.41) is 8.31. The van der Waals surface area contributed by atoms with Gasteiger partial charge in [-0.2, -0.15) is 41.6 Å². The maximum absolute atomic E-state index is 3.31. The van der Waals surface area contributed by atoms with Gasteiger partial charge in [0.2, 0.25) is 0 Å². The van der Waals surface area contributed by atoms with Crippen LogP contribution in [-0.4, -0.2) is 9.52 Å². The van der Waals surface area contributed by atoms with Gasteiger partial charge in [-0.15, -0.1) is 74.6 Å². The van der Waals surface area contributed by atoms with E-state index in [1.807, 2.05) is 6.07 Å². The van der Waals surface area contributed by atoms with E-state index in [4.69, 9.17) is 0 Å². The molecular weight excluding hydrogens is 744 g/mol. The van der Waals surface area contributed by atoms with Gasteiger partial charge in [-0.3, -0.25) is 0 Å². The van der Waals surface area contributed by atoms with Gasteiger partial charge in [0.05, 0.1) is 9.52 Å². The van der Waals surface area contributed by atoms with Crippen molar-refractivity contribution in [1.29, 1.82) is 0 Å². The molecule has 1 heterocycles. The van der Waals surface area contributed by atoms with Gasteiger partial charge in [-0.25, -0.2) is 0 Å². The first-order chi connectivity index (χ1) is 25.9. The van der Waals surface area contributed by atoms with E-state index in [0.717, 1.165) is 22.4 Å². The fourth-order valence-corrected chi connectivity index (χ4v) is 8.87. The molecule has 0 bridgehead atoms. The second kappa shape index (κ2) is 17.9. The molecule has 0 saturated heterocycles. The van der Waals surface area contributed by atoms with Gasteiger partial charge in [0, 0.05) is 0 Å². The van der Waals surface area contributed by atoms with Crippen LogP contribution in [0, 0.1) is 6.07 Å². The molecular formula is C52H49SiZr. The minimum atomic E-state index is 0. The van der Waals surface area contributed by atoms with E-state index >= 15 is 0 Å². The van der Waals surface area contributed by atoms with Crippen molar-refractivity contribution in [3.05, 3.63) is 180 Å². The van der Waals surface area contributed by atoms with E-state index in [1.165, 1.54) is 87.6 Å². The van der Waals surface area contributed by atoms with Crippen LogP contribution in [0.4, 0.5) is 0 Å². The molecule has 0 aliphatic carbocycles. The predicted octanol–water partition coefficient (Wildman–Crippen LogP) is 12.9. The van der Waals surface area contributed by atoms with E-state index in [0.29, 0.717) is 11.8 Å². The zero-order valence-electron chi connectivity index (χ0n) is 32.5. The molecule has 1 aliphatic rings. The second-order valence-corrected chi connectivity index (χ2v) is 15.9. The number of fused-ring (bicyclic) bond motifs is 5. The SMILES string of the molecule is CCc1ccccc1-c1cccc2[cH-]c(C(C)C)cc12.CCc1ccccc1-c1cccc2[cH-]c(C(C)C)cc12.[Zr+3].[c-]1cccc2c1[Si]c1ccccc1-2. The van der Waals surface area contributed by atoms with Gasteiger partial charge in [0.25, 0.3) is 0 Å². The monoisotopic (exact) mass is 791 g/mol. The topological polar surface area (TPSA) is 0 Å². The summed E-state index contributed by atoms with van der Waals surface area (Å²) in [5.74, 6) is 1.16. The Kier molecular flexibility index (Phi) is 13.0. The summed E-state index contributed by atoms with van der Waals surface area (Å²) in [6.45, 7) is 13.5. The molecule has 0 nitrogen and oxygen atoms in total. The fourth-order valence-electron chi connectivity index (χ4n) is 7.56. The third-order valence-corrected chi connectivity index (χ3v) is 12.0. The van der Waals surface area contributed by atoms with Gasteiger partial charge < -0.3 is 0 Å². The Bertz CT molecular complexity index is 2300. The number of hydrogen-bond donors (Lipinski definition) is 0. The molecule has 1 aliphatic heterocycles. The van der Waals surface area contributed by atoms with Crippen LogP contribution >= 0.6 is 0 Å². The third-order valence-electron chi connectivity index (χ3n) is 10.6. The minimum absolute atomic E-state index is 0. The van der Waals surface area contributed by atoms with Crippen LogP contribution in [0.3, 0.4) is 0 Å². The molecule has 0 spiro atoms. The molecule has 8 aromatic carbocycles. The van der Waals surface area contributed by atoms with Gasteiger partial charge in [-0.1, -0.05) is 148 Å². The average Bonchev–Trinajstić information content (AvgIpc) is 3.94. The van der Waals surface area contributed by atoms with Gasteiger partial charge >= 0.3 is 26.2 Å². The van der Waals surface area contributed by atoms with Crippen LogP contribution in [0.1, 0.15) is 75.6 Å². The number of rotatable bonds is 6. The van der Waals surface area contributed by atoms with Crippen molar-refractivity contribution in [1.82, 2.24) is 0 Å². The van der Waals surface area contributed by atoms with Crippen molar-refractivity contribution in [3.8, 4) is 33.4 Å². The first-order valence-electron chi connectivity index (χ1n) is 19.3. The van der Waals surface area contributed by atoms with E-state index in [1.54, 1.807) is 0 Å². The Morgan fingerprint density at radius 3 is 1.44 bits per heavy atom. The predicted molar refractivity (Wildman–Crippen MR) is 233 cm³/mol. The van der Waals surface area contributed by atoms with Crippen molar-refractivity contribution >= 4 is 41.4 Å². The second-order valence-electron chi connectivity index (χ2n) is 14.7. The Labute approximate surface area is 345 Å². The first kappa shape index (κ1) is 39.3.